The first-order valence-electron chi connectivity index (χ1n) is 9.45. The van der Waals surface area contributed by atoms with Crippen LogP contribution in [0.3, 0.4) is 0 Å². The Morgan fingerprint density at radius 1 is 1.21 bits per heavy atom. The lowest BCUT2D eigenvalue weighted by molar-refractivity contribution is -0.131. The van der Waals surface area contributed by atoms with E-state index in [9.17, 15) is 14.4 Å². The SMILES string of the molecule is CCCc1cc(=O)oc2c(C(=O)CC)c(OC(C)=O)c3c(c12)OC(C)(C)C=C3. The number of ketones is 1. The highest BCUT2D eigenvalue weighted by molar-refractivity contribution is 6.13. The zero-order valence-corrected chi connectivity index (χ0v) is 16.8. The van der Waals surface area contributed by atoms with Crippen molar-refractivity contribution in [1.29, 1.82) is 0 Å². The van der Waals surface area contributed by atoms with Gasteiger partial charge >= 0.3 is 11.6 Å². The summed E-state index contributed by atoms with van der Waals surface area (Å²) in [7, 11) is 0. The molecule has 0 unspecified atom stereocenters. The minimum Gasteiger partial charge on any atom is -0.482 e. The molecule has 2 heterocycles. The zero-order chi connectivity index (χ0) is 20.6. The van der Waals surface area contributed by atoms with Crippen LogP contribution in [-0.4, -0.2) is 17.4 Å². The van der Waals surface area contributed by atoms with Gasteiger partial charge in [0.1, 0.15) is 16.9 Å². The average molecular weight is 384 g/mol. The van der Waals surface area contributed by atoms with Crippen LogP contribution in [0.2, 0.25) is 0 Å². The number of hydrogen-bond acceptors (Lipinski definition) is 6. The van der Waals surface area contributed by atoms with Crippen LogP contribution in [0, 0.1) is 0 Å². The second kappa shape index (κ2) is 7.26. The molecule has 0 N–H and O–H groups in total. The number of fused-ring (bicyclic) bond motifs is 3. The van der Waals surface area contributed by atoms with Gasteiger partial charge in [-0.15, -0.1) is 0 Å². The van der Waals surface area contributed by atoms with Crippen LogP contribution in [0.5, 0.6) is 11.5 Å². The monoisotopic (exact) mass is 384 g/mol. The highest BCUT2D eigenvalue weighted by Gasteiger charge is 2.33. The van der Waals surface area contributed by atoms with Crippen molar-refractivity contribution in [2.24, 2.45) is 0 Å². The van der Waals surface area contributed by atoms with E-state index in [2.05, 4.69) is 0 Å². The molecule has 0 saturated heterocycles. The Labute approximate surface area is 163 Å². The molecule has 1 aromatic heterocycles. The molecule has 0 bridgehead atoms. The summed E-state index contributed by atoms with van der Waals surface area (Å²) in [6.07, 6.45) is 5.22. The summed E-state index contributed by atoms with van der Waals surface area (Å²) in [4.78, 5) is 36.8. The lowest BCUT2D eigenvalue weighted by Crippen LogP contribution is -2.28. The molecule has 0 fully saturated rings. The van der Waals surface area contributed by atoms with Gasteiger partial charge in [0.2, 0.25) is 0 Å². The van der Waals surface area contributed by atoms with Crippen molar-refractivity contribution in [1.82, 2.24) is 0 Å². The van der Waals surface area contributed by atoms with Crippen molar-refractivity contribution in [3.63, 3.8) is 0 Å². The van der Waals surface area contributed by atoms with Gasteiger partial charge in [-0.3, -0.25) is 9.59 Å². The molecule has 1 aliphatic heterocycles. The van der Waals surface area contributed by atoms with Crippen LogP contribution in [0.1, 0.15) is 68.9 Å². The molecule has 28 heavy (non-hydrogen) atoms. The number of rotatable bonds is 5. The van der Waals surface area contributed by atoms with Gasteiger partial charge in [0.25, 0.3) is 0 Å². The third-order valence-corrected chi connectivity index (χ3v) is 4.59. The van der Waals surface area contributed by atoms with Crippen LogP contribution >= 0.6 is 0 Å². The molecular weight excluding hydrogens is 360 g/mol. The molecule has 1 aliphatic rings. The Balaban J connectivity index is 2.56. The summed E-state index contributed by atoms with van der Waals surface area (Å²) in [5.41, 5.74) is 0.308. The molecule has 148 valence electrons. The standard InChI is InChI=1S/C22H24O6/c1-6-8-13-11-16(25)27-21-17(13)20-14(9-10-22(4,5)28-20)19(26-12(3)23)18(21)15(24)7-2/h9-11H,6-8H2,1-5H3. The van der Waals surface area contributed by atoms with Gasteiger partial charge in [0.05, 0.1) is 10.9 Å². The highest BCUT2D eigenvalue weighted by Crippen LogP contribution is 2.47. The van der Waals surface area contributed by atoms with E-state index in [0.717, 1.165) is 12.0 Å². The van der Waals surface area contributed by atoms with Gasteiger partial charge in [-0.05, 0) is 38.0 Å². The van der Waals surface area contributed by atoms with Crippen molar-refractivity contribution in [3.05, 3.63) is 39.3 Å². The lowest BCUT2D eigenvalue weighted by Gasteiger charge is -2.30. The highest BCUT2D eigenvalue weighted by atomic mass is 16.5. The minimum absolute atomic E-state index is 0.0744. The van der Waals surface area contributed by atoms with E-state index < -0.39 is 17.2 Å². The van der Waals surface area contributed by atoms with Gasteiger partial charge in [0, 0.05) is 19.4 Å². The van der Waals surface area contributed by atoms with E-state index in [-0.39, 0.29) is 29.1 Å². The Bertz CT molecular complexity index is 1060. The molecule has 6 heteroatoms. The van der Waals surface area contributed by atoms with E-state index in [1.165, 1.54) is 13.0 Å². The maximum atomic E-state index is 12.8. The normalized spacial score (nSPS) is 14.5. The second-order valence-electron chi connectivity index (χ2n) is 7.40. The van der Waals surface area contributed by atoms with E-state index in [1.807, 2.05) is 26.8 Å². The number of carbonyl (C=O) groups excluding carboxylic acids is 2. The first kappa shape index (κ1) is 19.9. The molecule has 0 atom stereocenters. The molecule has 6 nitrogen and oxygen atoms in total. The quantitative estimate of drug-likeness (QED) is 0.328. The number of Topliss-reactive ketones (excluding diaryl/α,β-unsaturated/α-hetero) is 1. The van der Waals surface area contributed by atoms with Crippen LogP contribution in [0.4, 0.5) is 0 Å². The molecule has 1 aromatic carbocycles. The number of carbonyl (C=O) groups is 2. The van der Waals surface area contributed by atoms with Gasteiger partial charge in [-0.2, -0.15) is 0 Å². The van der Waals surface area contributed by atoms with Crippen molar-refractivity contribution < 1.29 is 23.5 Å². The fourth-order valence-corrected chi connectivity index (χ4v) is 3.43. The first-order chi connectivity index (χ1) is 13.2. The third-order valence-electron chi connectivity index (χ3n) is 4.59. The molecule has 2 aromatic rings. The summed E-state index contributed by atoms with van der Waals surface area (Å²) >= 11 is 0. The molecule has 0 radical (unpaired) electrons. The number of hydrogen-bond donors (Lipinski definition) is 0. The van der Waals surface area contributed by atoms with Gasteiger partial charge in [-0.1, -0.05) is 20.3 Å². The van der Waals surface area contributed by atoms with Gasteiger partial charge < -0.3 is 13.9 Å². The largest absolute Gasteiger partial charge is 0.482 e. The van der Waals surface area contributed by atoms with Crippen molar-refractivity contribution in [2.75, 3.05) is 0 Å². The predicted molar refractivity (Wildman–Crippen MR) is 106 cm³/mol. The Hall–Kier alpha value is -2.89. The fraction of sp³-hybridized carbons (Fsp3) is 0.409. The van der Waals surface area contributed by atoms with Crippen LogP contribution < -0.4 is 15.1 Å². The van der Waals surface area contributed by atoms with Gasteiger partial charge in [-0.25, -0.2) is 4.79 Å². The summed E-state index contributed by atoms with van der Waals surface area (Å²) in [5, 5.41) is 0.585. The minimum atomic E-state index is -0.608. The van der Waals surface area contributed by atoms with Crippen LogP contribution in [0.25, 0.3) is 17.0 Å². The van der Waals surface area contributed by atoms with Crippen LogP contribution in [-0.2, 0) is 11.2 Å². The maximum absolute atomic E-state index is 12.8. The fourth-order valence-electron chi connectivity index (χ4n) is 3.43. The summed E-state index contributed by atoms with van der Waals surface area (Å²) in [5.74, 6) is -0.319. The molecular formula is C22H24O6. The van der Waals surface area contributed by atoms with E-state index >= 15 is 0 Å². The number of benzene rings is 1. The average Bonchev–Trinajstić information content (AvgIpc) is 2.59. The zero-order valence-electron chi connectivity index (χ0n) is 16.8. The predicted octanol–water partition coefficient (Wildman–Crippen LogP) is 4.45. The molecule has 0 spiro atoms. The van der Waals surface area contributed by atoms with E-state index in [4.69, 9.17) is 13.9 Å². The van der Waals surface area contributed by atoms with E-state index in [1.54, 1.807) is 13.0 Å². The van der Waals surface area contributed by atoms with Crippen molar-refractivity contribution in [3.8, 4) is 11.5 Å². The summed E-state index contributed by atoms with van der Waals surface area (Å²) in [6, 6.07) is 1.44. The van der Waals surface area contributed by atoms with Crippen molar-refractivity contribution >= 4 is 28.8 Å². The first-order valence-corrected chi connectivity index (χ1v) is 9.45. The Morgan fingerprint density at radius 3 is 2.54 bits per heavy atom. The molecule has 0 amide bonds. The number of aryl methyl sites for hydroxylation is 1. The number of esters is 1. The Kier molecular flexibility index (Phi) is 5.15. The van der Waals surface area contributed by atoms with Crippen molar-refractivity contribution in [2.45, 2.75) is 59.5 Å². The summed E-state index contributed by atoms with van der Waals surface area (Å²) in [6.45, 7) is 8.76. The number of ether oxygens (including phenoxy) is 2. The van der Waals surface area contributed by atoms with Gasteiger partial charge in [0.15, 0.2) is 17.1 Å². The Morgan fingerprint density at radius 2 is 1.93 bits per heavy atom. The van der Waals surface area contributed by atoms with Crippen LogP contribution in [0.15, 0.2) is 21.4 Å². The molecule has 0 aliphatic carbocycles. The lowest BCUT2D eigenvalue weighted by atomic mass is 9.92. The second-order valence-corrected chi connectivity index (χ2v) is 7.40. The molecule has 3 rings (SSSR count). The molecule has 0 saturated carbocycles. The summed E-state index contributed by atoms with van der Waals surface area (Å²) < 4.78 is 17.1. The smallest absolute Gasteiger partial charge is 0.336 e. The topological polar surface area (TPSA) is 82.8 Å². The maximum Gasteiger partial charge on any atom is 0.336 e. The van der Waals surface area contributed by atoms with E-state index in [0.29, 0.717) is 23.1 Å². The third kappa shape index (κ3) is 3.46.